The fourth-order valence-corrected chi connectivity index (χ4v) is 5.44. The van der Waals surface area contributed by atoms with Crippen LogP contribution in [0, 0.1) is 11.8 Å². The number of benzene rings is 1. The van der Waals surface area contributed by atoms with Crippen molar-refractivity contribution in [2.24, 2.45) is 11.8 Å². The van der Waals surface area contributed by atoms with E-state index in [1.54, 1.807) is 0 Å². The van der Waals surface area contributed by atoms with E-state index in [0.29, 0.717) is 22.9 Å². The van der Waals surface area contributed by atoms with Crippen LogP contribution in [0.1, 0.15) is 25.7 Å². The fourth-order valence-electron chi connectivity index (χ4n) is 4.03. The van der Waals surface area contributed by atoms with Crippen molar-refractivity contribution in [3.8, 4) is 11.4 Å². The molecule has 4 rings (SSSR count). The lowest BCUT2D eigenvalue weighted by Crippen LogP contribution is -2.49. The van der Waals surface area contributed by atoms with Crippen molar-refractivity contribution in [3.05, 3.63) is 24.3 Å². The first-order valence-electron chi connectivity index (χ1n) is 8.66. The molecule has 0 unspecified atom stereocenters. The number of tetrazole rings is 1. The van der Waals surface area contributed by atoms with Crippen molar-refractivity contribution in [2.45, 2.75) is 41.9 Å². The second-order valence-electron chi connectivity index (χ2n) is 6.85. The number of hydrogen-bond acceptors (Lipinski definition) is 6. The predicted octanol–water partition coefficient (Wildman–Crippen LogP) is 2.19. The van der Waals surface area contributed by atoms with E-state index in [4.69, 9.17) is 0 Å². The third-order valence-corrected chi connectivity index (χ3v) is 6.71. The summed E-state index contributed by atoms with van der Waals surface area (Å²) in [5.74, 6) is 1.06. The summed E-state index contributed by atoms with van der Waals surface area (Å²) in [6.45, 7) is 0.833. The maximum atomic E-state index is 11.3. The van der Waals surface area contributed by atoms with Crippen LogP contribution in [0.15, 0.2) is 29.2 Å². The van der Waals surface area contributed by atoms with E-state index in [1.165, 1.54) is 4.90 Å². The first-order chi connectivity index (χ1) is 12.2. The minimum Gasteiger partial charge on any atom is -0.480 e. The van der Waals surface area contributed by atoms with E-state index in [-0.39, 0.29) is 0 Å². The van der Waals surface area contributed by atoms with Gasteiger partial charge in [-0.05, 0) is 60.6 Å². The van der Waals surface area contributed by atoms with Gasteiger partial charge in [0, 0.05) is 15.7 Å². The van der Waals surface area contributed by atoms with Crippen LogP contribution in [0.4, 0.5) is 0 Å². The Morgan fingerprint density at radius 1 is 1.20 bits per heavy atom. The topological polar surface area (TPSA) is 104 Å². The Labute approximate surface area is 150 Å². The van der Waals surface area contributed by atoms with E-state index in [0.717, 1.165) is 37.8 Å². The standard InChI is InChI=1S/C17H21N5O2S/c23-17(24)14-8-11-7-12(6-5-10(11)9-18-14)25-15-4-2-1-3-13(15)16-19-21-22-20-16/h1-4,10-12,14,18H,5-9H2,(H,23,24)(H,19,20,21,22)/t10-,11+,12-,14-/m0/s1. The van der Waals surface area contributed by atoms with Crippen LogP contribution in [0.3, 0.4) is 0 Å². The van der Waals surface area contributed by atoms with Gasteiger partial charge in [-0.1, -0.05) is 18.2 Å². The molecule has 8 heteroatoms. The van der Waals surface area contributed by atoms with Gasteiger partial charge in [0.15, 0.2) is 5.82 Å². The molecule has 0 amide bonds. The Morgan fingerprint density at radius 2 is 2.08 bits per heavy atom. The summed E-state index contributed by atoms with van der Waals surface area (Å²) in [5, 5.41) is 27.2. The summed E-state index contributed by atoms with van der Waals surface area (Å²) >= 11 is 1.87. The molecule has 25 heavy (non-hydrogen) atoms. The summed E-state index contributed by atoms with van der Waals surface area (Å²) in [6.07, 6.45) is 4.14. The zero-order chi connectivity index (χ0) is 17.2. The number of aromatic amines is 1. The summed E-state index contributed by atoms with van der Waals surface area (Å²) in [5.41, 5.74) is 1.02. The summed E-state index contributed by atoms with van der Waals surface area (Å²) < 4.78 is 0. The fraction of sp³-hybridized carbons (Fsp3) is 0.529. The summed E-state index contributed by atoms with van der Waals surface area (Å²) in [4.78, 5) is 12.5. The maximum Gasteiger partial charge on any atom is 0.320 e. The number of thioether (sulfide) groups is 1. The van der Waals surface area contributed by atoms with Gasteiger partial charge in [-0.3, -0.25) is 4.79 Å². The number of aliphatic carboxylic acids is 1. The van der Waals surface area contributed by atoms with Crippen molar-refractivity contribution >= 4 is 17.7 Å². The first-order valence-corrected chi connectivity index (χ1v) is 9.54. The third kappa shape index (κ3) is 3.55. The van der Waals surface area contributed by atoms with E-state index in [2.05, 4.69) is 32.0 Å². The molecule has 3 N–H and O–H groups in total. The zero-order valence-electron chi connectivity index (χ0n) is 13.8. The van der Waals surface area contributed by atoms with Gasteiger partial charge in [0.05, 0.1) is 0 Å². The molecule has 1 aliphatic carbocycles. The molecule has 1 saturated heterocycles. The lowest BCUT2D eigenvalue weighted by molar-refractivity contribution is -0.141. The molecule has 0 radical (unpaired) electrons. The number of carbonyl (C=O) groups is 1. The largest absolute Gasteiger partial charge is 0.480 e. The Hall–Kier alpha value is -1.93. The van der Waals surface area contributed by atoms with E-state index >= 15 is 0 Å². The minimum absolute atomic E-state index is 0.391. The summed E-state index contributed by atoms with van der Waals surface area (Å²) in [7, 11) is 0. The van der Waals surface area contributed by atoms with Crippen molar-refractivity contribution in [3.63, 3.8) is 0 Å². The molecule has 132 valence electrons. The molecule has 7 nitrogen and oxygen atoms in total. The van der Waals surface area contributed by atoms with Gasteiger partial charge >= 0.3 is 5.97 Å². The van der Waals surface area contributed by atoms with Gasteiger partial charge in [0.2, 0.25) is 0 Å². The van der Waals surface area contributed by atoms with Crippen LogP contribution in [0.5, 0.6) is 0 Å². The van der Waals surface area contributed by atoms with Crippen molar-refractivity contribution in [1.82, 2.24) is 25.9 Å². The minimum atomic E-state index is -0.726. The highest BCUT2D eigenvalue weighted by atomic mass is 32.2. The van der Waals surface area contributed by atoms with Gasteiger partial charge in [-0.15, -0.1) is 16.9 Å². The van der Waals surface area contributed by atoms with E-state index in [1.807, 2.05) is 30.0 Å². The highest BCUT2D eigenvalue weighted by Crippen LogP contribution is 2.43. The lowest BCUT2D eigenvalue weighted by Gasteiger charge is -2.41. The molecule has 1 aromatic heterocycles. The number of nitrogens with zero attached hydrogens (tertiary/aromatic N) is 3. The molecule has 1 aliphatic heterocycles. The third-order valence-electron chi connectivity index (χ3n) is 5.34. The van der Waals surface area contributed by atoms with Gasteiger partial charge < -0.3 is 10.4 Å². The number of H-pyrrole nitrogens is 1. The average molecular weight is 359 g/mol. The molecule has 2 fully saturated rings. The average Bonchev–Trinajstić information content (AvgIpc) is 3.16. The molecule has 4 atom stereocenters. The predicted molar refractivity (Wildman–Crippen MR) is 94.1 cm³/mol. The van der Waals surface area contributed by atoms with Crippen LogP contribution in [-0.4, -0.2) is 49.5 Å². The zero-order valence-corrected chi connectivity index (χ0v) is 14.6. The SMILES string of the molecule is O=C(O)[C@@H]1C[C@H]2C[C@@H](Sc3ccccc3-c3nnn[nH]3)CC[C@H]2CN1. The molecule has 1 aromatic carbocycles. The Kier molecular flexibility index (Phi) is 4.72. The van der Waals surface area contributed by atoms with E-state index in [9.17, 15) is 9.90 Å². The van der Waals surface area contributed by atoms with E-state index < -0.39 is 12.0 Å². The molecule has 2 aliphatic rings. The van der Waals surface area contributed by atoms with Gasteiger partial charge in [-0.2, -0.15) is 0 Å². The lowest BCUT2D eigenvalue weighted by atomic mass is 9.73. The van der Waals surface area contributed by atoms with Crippen molar-refractivity contribution < 1.29 is 9.90 Å². The number of carboxylic acids is 1. The number of piperidine rings is 1. The number of carboxylic acid groups (broad SMARTS) is 1. The van der Waals surface area contributed by atoms with Crippen LogP contribution >= 0.6 is 11.8 Å². The van der Waals surface area contributed by atoms with Crippen molar-refractivity contribution in [1.29, 1.82) is 0 Å². The Balaban J connectivity index is 1.47. The molecule has 2 heterocycles. The number of rotatable bonds is 4. The number of fused-ring (bicyclic) bond motifs is 1. The van der Waals surface area contributed by atoms with Crippen LogP contribution in [-0.2, 0) is 4.79 Å². The maximum absolute atomic E-state index is 11.3. The number of hydrogen-bond donors (Lipinski definition) is 3. The number of nitrogens with one attached hydrogen (secondary N) is 2. The van der Waals surface area contributed by atoms with Crippen LogP contribution < -0.4 is 5.32 Å². The quantitative estimate of drug-likeness (QED) is 0.769. The highest BCUT2D eigenvalue weighted by Gasteiger charge is 2.38. The van der Waals surface area contributed by atoms with Gasteiger partial charge in [-0.25, -0.2) is 5.10 Å². The molecule has 0 bridgehead atoms. The second kappa shape index (κ2) is 7.13. The van der Waals surface area contributed by atoms with Crippen LogP contribution in [0.25, 0.3) is 11.4 Å². The highest BCUT2D eigenvalue weighted by molar-refractivity contribution is 8.00. The van der Waals surface area contributed by atoms with Gasteiger partial charge in [0.25, 0.3) is 0 Å². The second-order valence-corrected chi connectivity index (χ2v) is 8.20. The normalized spacial score (nSPS) is 29.1. The molecule has 2 aromatic rings. The monoisotopic (exact) mass is 359 g/mol. The Morgan fingerprint density at radius 3 is 2.88 bits per heavy atom. The van der Waals surface area contributed by atoms with Gasteiger partial charge in [0.1, 0.15) is 6.04 Å². The van der Waals surface area contributed by atoms with Crippen LogP contribution in [0.2, 0.25) is 0 Å². The first kappa shape index (κ1) is 16.5. The molecular weight excluding hydrogens is 338 g/mol. The molecular formula is C17H21N5O2S. The number of aromatic nitrogens is 4. The smallest absolute Gasteiger partial charge is 0.320 e. The Bertz CT molecular complexity index is 738. The molecule has 0 spiro atoms. The van der Waals surface area contributed by atoms with Crippen molar-refractivity contribution in [2.75, 3.05) is 6.54 Å². The summed E-state index contributed by atoms with van der Waals surface area (Å²) in [6, 6.07) is 7.77. The molecule has 1 saturated carbocycles.